The Morgan fingerprint density at radius 2 is 1.29 bits per heavy atom. The minimum atomic E-state index is 0.0491. The molecule has 0 saturated carbocycles. The fourth-order valence-corrected chi connectivity index (χ4v) is 6.31. The van der Waals surface area contributed by atoms with E-state index in [0.717, 1.165) is 12.1 Å². The predicted octanol–water partition coefficient (Wildman–Crippen LogP) is 7.72. The van der Waals surface area contributed by atoms with Gasteiger partial charge < -0.3 is 0 Å². The van der Waals surface area contributed by atoms with Crippen molar-refractivity contribution in [1.82, 2.24) is 4.98 Å². The molecule has 0 aliphatic carbocycles. The van der Waals surface area contributed by atoms with Gasteiger partial charge in [-0.15, -0.1) is 0 Å². The summed E-state index contributed by atoms with van der Waals surface area (Å²) in [5, 5.41) is 0. The van der Waals surface area contributed by atoms with Crippen LogP contribution in [0.15, 0.2) is 128 Å². The normalized spacial score (nSPS) is 13.9. The van der Waals surface area contributed by atoms with Gasteiger partial charge in [0.05, 0.1) is 11.3 Å². The number of pyridine rings is 3. The predicted molar refractivity (Wildman–Crippen MR) is 165 cm³/mol. The molecule has 0 fully saturated rings. The van der Waals surface area contributed by atoms with Crippen molar-refractivity contribution in [2.24, 2.45) is 0 Å². The molecule has 0 saturated heterocycles. The van der Waals surface area contributed by atoms with E-state index < -0.39 is 0 Å². The lowest BCUT2D eigenvalue weighted by Crippen LogP contribution is -2.45. The number of benzene rings is 3. The van der Waals surface area contributed by atoms with Crippen LogP contribution in [0, 0.1) is 20.8 Å². The van der Waals surface area contributed by atoms with Crippen molar-refractivity contribution in [3.05, 3.63) is 156 Å². The molecule has 1 unspecified atom stereocenters. The summed E-state index contributed by atoms with van der Waals surface area (Å²) >= 11 is 0. The number of hydrogen-bond donors (Lipinski definition) is 0. The van der Waals surface area contributed by atoms with Crippen molar-refractivity contribution in [2.75, 3.05) is 0 Å². The van der Waals surface area contributed by atoms with Crippen LogP contribution in [0.3, 0.4) is 0 Å². The smallest absolute Gasteiger partial charge is 0.225 e. The van der Waals surface area contributed by atoms with Gasteiger partial charge in [0.15, 0.2) is 18.4 Å². The third kappa shape index (κ3) is 4.54. The van der Waals surface area contributed by atoms with Crippen LogP contribution >= 0.6 is 0 Å². The van der Waals surface area contributed by atoms with E-state index in [4.69, 9.17) is 4.98 Å². The van der Waals surface area contributed by atoms with Crippen molar-refractivity contribution in [2.45, 2.75) is 33.2 Å². The summed E-state index contributed by atoms with van der Waals surface area (Å²) in [7, 11) is 0. The van der Waals surface area contributed by atoms with E-state index in [1.54, 1.807) is 0 Å². The van der Waals surface area contributed by atoms with E-state index in [-0.39, 0.29) is 6.04 Å². The largest absolute Gasteiger partial charge is 0.256 e. The molecule has 41 heavy (non-hydrogen) atoms. The lowest BCUT2D eigenvalue weighted by molar-refractivity contribution is -0.703. The highest BCUT2D eigenvalue weighted by Gasteiger charge is 2.34. The molecule has 0 radical (unpaired) electrons. The summed E-state index contributed by atoms with van der Waals surface area (Å²) in [6.07, 6.45) is 7.18. The molecule has 0 N–H and O–H groups in total. The first-order valence-corrected chi connectivity index (χ1v) is 14.3. The molecule has 7 rings (SSSR count). The summed E-state index contributed by atoms with van der Waals surface area (Å²) in [5.41, 5.74) is 14.6. The van der Waals surface area contributed by atoms with Gasteiger partial charge in [0.1, 0.15) is 5.56 Å². The molecule has 0 bridgehead atoms. The lowest BCUT2D eigenvalue weighted by atomic mass is 9.87. The number of aromatic nitrogens is 3. The Kier molecular flexibility index (Phi) is 6.28. The maximum absolute atomic E-state index is 4.79. The van der Waals surface area contributed by atoms with Crippen molar-refractivity contribution < 1.29 is 9.13 Å². The van der Waals surface area contributed by atoms with Crippen LogP contribution in [0.5, 0.6) is 0 Å². The first-order valence-electron chi connectivity index (χ1n) is 14.3. The molecular formula is C38H33N3+2. The van der Waals surface area contributed by atoms with Gasteiger partial charge in [-0.25, -0.2) is 0 Å². The molecule has 0 spiro atoms. The van der Waals surface area contributed by atoms with Crippen molar-refractivity contribution in [3.8, 4) is 39.5 Å². The monoisotopic (exact) mass is 531 g/mol. The second-order valence-electron chi connectivity index (χ2n) is 11.2. The Hall–Kier alpha value is -4.89. The zero-order valence-electron chi connectivity index (χ0n) is 23.8. The van der Waals surface area contributed by atoms with Crippen LogP contribution in [0.4, 0.5) is 0 Å². The average Bonchev–Trinajstić information content (AvgIpc) is 3.00. The van der Waals surface area contributed by atoms with Gasteiger partial charge >= 0.3 is 0 Å². The zero-order chi connectivity index (χ0) is 27.9. The molecule has 0 amide bonds. The van der Waals surface area contributed by atoms with E-state index in [2.05, 4.69) is 145 Å². The van der Waals surface area contributed by atoms with Crippen molar-refractivity contribution in [3.63, 3.8) is 0 Å². The minimum absolute atomic E-state index is 0.0491. The van der Waals surface area contributed by atoms with Crippen LogP contribution in [0.1, 0.15) is 33.9 Å². The minimum Gasteiger partial charge on any atom is -0.256 e. The molecule has 4 heterocycles. The highest BCUT2D eigenvalue weighted by Crippen LogP contribution is 2.36. The van der Waals surface area contributed by atoms with Crippen LogP contribution in [0.25, 0.3) is 39.5 Å². The topological polar surface area (TPSA) is 20.6 Å². The lowest BCUT2D eigenvalue weighted by Gasteiger charge is -2.22. The van der Waals surface area contributed by atoms with Crippen LogP contribution < -0.4 is 9.13 Å². The third-order valence-electron chi connectivity index (χ3n) is 8.23. The van der Waals surface area contributed by atoms with Gasteiger partial charge in [-0.2, -0.15) is 9.13 Å². The molecule has 198 valence electrons. The van der Waals surface area contributed by atoms with E-state index in [1.165, 1.54) is 61.6 Å². The van der Waals surface area contributed by atoms with Gasteiger partial charge in [-0.1, -0.05) is 47.5 Å². The van der Waals surface area contributed by atoms with E-state index in [1.807, 2.05) is 12.3 Å². The molecule has 1 aliphatic rings. The van der Waals surface area contributed by atoms with Crippen LogP contribution in [0.2, 0.25) is 0 Å². The first kappa shape index (κ1) is 25.1. The maximum Gasteiger partial charge on any atom is 0.225 e. The molecular weight excluding hydrogens is 498 g/mol. The van der Waals surface area contributed by atoms with Gasteiger partial charge in [-0.05, 0) is 74.4 Å². The highest BCUT2D eigenvalue weighted by atomic mass is 15.0. The number of nitrogens with zero attached hydrogens (tertiary/aromatic N) is 3. The second-order valence-corrected chi connectivity index (χ2v) is 11.2. The first-order chi connectivity index (χ1) is 20.1. The Morgan fingerprint density at radius 1 is 0.610 bits per heavy atom. The van der Waals surface area contributed by atoms with Crippen molar-refractivity contribution in [1.29, 1.82) is 0 Å². The molecule has 3 nitrogen and oxygen atoms in total. The number of hydrogen-bond acceptors (Lipinski definition) is 1. The summed E-state index contributed by atoms with van der Waals surface area (Å²) in [6.45, 7) is 6.55. The number of fused-ring (bicyclic) bond motifs is 7. The number of aryl methyl sites for hydroxylation is 3. The van der Waals surface area contributed by atoms with E-state index in [0.29, 0.717) is 0 Å². The molecule has 6 aromatic rings. The quantitative estimate of drug-likeness (QED) is 0.210. The van der Waals surface area contributed by atoms with Gasteiger partial charge in [0.25, 0.3) is 0 Å². The van der Waals surface area contributed by atoms with Crippen LogP contribution in [-0.2, 0) is 6.42 Å². The van der Waals surface area contributed by atoms with Crippen molar-refractivity contribution >= 4 is 0 Å². The average molecular weight is 532 g/mol. The highest BCUT2D eigenvalue weighted by molar-refractivity contribution is 5.70. The second kappa shape index (κ2) is 10.3. The van der Waals surface area contributed by atoms with E-state index in [9.17, 15) is 0 Å². The summed E-state index contributed by atoms with van der Waals surface area (Å²) in [5.74, 6) is 0. The SMILES string of the molecule is Cc1ccc2c(c1)CC(c1cc(C)ccc1-c1ccccn1)[n+]1ccccc1-c1ccc(C)cc1-[n+]1ccccc1-2. The molecule has 3 aromatic heterocycles. The summed E-state index contributed by atoms with van der Waals surface area (Å²) < 4.78 is 4.84. The fourth-order valence-electron chi connectivity index (χ4n) is 6.31. The van der Waals surface area contributed by atoms with E-state index >= 15 is 0 Å². The van der Waals surface area contributed by atoms with Gasteiger partial charge in [0, 0.05) is 54.1 Å². The standard InChI is InChI=1S/C38H33N3/c1-26-13-16-30-29(22-26)25-38(33-23-27(2)14-17-31(33)34-10-4-7-19-39-34)41-21-9-6-12-36(41)32-18-15-28(3)24-37(32)40-20-8-5-11-35(30)40/h4-24,38H,25H2,1-3H3/q+2. The Morgan fingerprint density at radius 3 is 2.10 bits per heavy atom. The summed E-state index contributed by atoms with van der Waals surface area (Å²) in [6, 6.07) is 39.9. The molecule has 1 atom stereocenters. The third-order valence-corrected chi connectivity index (χ3v) is 8.23. The fraction of sp³-hybridized carbons (Fsp3) is 0.132. The Balaban J connectivity index is 1.60. The Labute approximate surface area is 242 Å². The summed E-state index contributed by atoms with van der Waals surface area (Å²) in [4.78, 5) is 4.79. The molecule has 3 heteroatoms. The number of rotatable bonds is 2. The van der Waals surface area contributed by atoms with Gasteiger partial charge in [0.2, 0.25) is 17.1 Å². The van der Waals surface area contributed by atoms with Gasteiger partial charge in [-0.3, -0.25) is 4.98 Å². The molecule has 1 aliphatic heterocycles. The zero-order valence-corrected chi connectivity index (χ0v) is 23.8. The van der Waals surface area contributed by atoms with Crippen LogP contribution in [-0.4, -0.2) is 4.98 Å². The molecule has 3 aromatic carbocycles. The Bertz CT molecular complexity index is 1910. The maximum atomic E-state index is 4.79.